The molecule has 1 atom stereocenters. The first kappa shape index (κ1) is 16.7. The van der Waals surface area contributed by atoms with E-state index in [9.17, 15) is 13.2 Å². The largest absolute Gasteiger partial charge is 0.344 e. The highest BCUT2D eigenvalue weighted by Crippen LogP contribution is 2.26. The maximum atomic E-state index is 12.4. The van der Waals surface area contributed by atoms with E-state index < -0.39 is 9.84 Å². The van der Waals surface area contributed by atoms with Gasteiger partial charge >= 0.3 is 0 Å². The van der Waals surface area contributed by atoms with Gasteiger partial charge in [0.15, 0.2) is 9.84 Å². The molecule has 118 valence electrons. The zero-order valence-electron chi connectivity index (χ0n) is 12.7. The molecule has 1 aromatic heterocycles. The lowest BCUT2D eigenvalue weighted by atomic mass is 10.0. The molecule has 0 aliphatic carbocycles. The van der Waals surface area contributed by atoms with Crippen molar-refractivity contribution in [2.45, 2.75) is 24.8 Å². The van der Waals surface area contributed by atoms with Gasteiger partial charge < -0.3 is 5.32 Å². The van der Waals surface area contributed by atoms with Crippen LogP contribution < -0.4 is 5.32 Å². The molecule has 2 aromatic rings. The van der Waals surface area contributed by atoms with E-state index in [-0.39, 0.29) is 22.8 Å². The number of carbonyl (C=O) groups is 1. The number of benzene rings is 1. The second kappa shape index (κ2) is 6.62. The van der Waals surface area contributed by atoms with E-state index >= 15 is 0 Å². The summed E-state index contributed by atoms with van der Waals surface area (Å²) in [5.41, 5.74) is 0.453. The quantitative estimate of drug-likeness (QED) is 0.911. The second-order valence-electron chi connectivity index (χ2n) is 5.51. The van der Waals surface area contributed by atoms with Crippen molar-refractivity contribution >= 4 is 27.1 Å². The summed E-state index contributed by atoms with van der Waals surface area (Å²) in [5, 5.41) is 5.00. The first-order valence-electron chi connectivity index (χ1n) is 6.93. The molecule has 1 aromatic carbocycles. The molecule has 6 heteroatoms. The SMILES string of the molecule is CC(C)[C@H](NC(=O)c1ccc(S(C)(=O)=O)cc1)c1cccs1. The van der Waals surface area contributed by atoms with E-state index in [2.05, 4.69) is 19.2 Å². The highest BCUT2D eigenvalue weighted by Gasteiger charge is 2.20. The lowest BCUT2D eigenvalue weighted by Crippen LogP contribution is -2.31. The first-order valence-corrected chi connectivity index (χ1v) is 9.70. The van der Waals surface area contributed by atoms with Crippen molar-refractivity contribution in [1.82, 2.24) is 5.32 Å². The molecular formula is C16H19NO3S2. The van der Waals surface area contributed by atoms with Crippen molar-refractivity contribution in [2.24, 2.45) is 5.92 Å². The molecular weight excluding hydrogens is 318 g/mol. The highest BCUT2D eigenvalue weighted by atomic mass is 32.2. The van der Waals surface area contributed by atoms with Gasteiger partial charge in [0.05, 0.1) is 10.9 Å². The Balaban J connectivity index is 2.17. The summed E-state index contributed by atoms with van der Waals surface area (Å²) in [6, 6.07) is 9.90. The number of hydrogen-bond acceptors (Lipinski definition) is 4. The van der Waals surface area contributed by atoms with Gasteiger partial charge in [-0.3, -0.25) is 4.79 Å². The summed E-state index contributed by atoms with van der Waals surface area (Å²) in [4.78, 5) is 13.7. The van der Waals surface area contributed by atoms with Crippen molar-refractivity contribution in [1.29, 1.82) is 0 Å². The first-order chi connectivity index (χ1) is 10.3. The number of thiophene rings is 1. The molecule has 0 saturated carbocycles. The fraction of sp³-hybridized carbons (Fsp3) is 0.312. The Bertz CT molecular complexity index is 732. The smallest absolute Gasteiger partial charge is 0.251 e. The van der Waals surface area contributed by atoms with Crippen LogP contribution in [0.1, 0.15) is 35.1 Å². The van der Waals surface area contributed by atoms with Gasteiger partial charge in [0.1, 0.15) is 0 Å². The third kappa shape index (κ3) is 3.96. The van der Waals surface area contributed by atoms with Gasteiger partial charge in [-0.2, -0.15) is 0 Å². The normalized spacial score (nSPS) is 13.1. The Labute approximate surface area is 135 Å². The van der Waals surface area contributed by atoms with Crippen LogP contribution >= 0.6 is 11.3 Å². The average Bonchev–Trinajstić information content (AvgIpc) is 2.97. The molecule has 0 spiro atoms. The van der Waals surface area contributed by atoms with Crippen molar-refractivity contribution in [2.75, 3.05) is 6.26 Å². The minimum absolute atomic E-state index is 0.0536. The minimum Gasteiger partial charge on any atom is -0.344 e. The van der Waals surface area contributed by atoms with E-state index in [1.165, 1.54) is 24.3 Å². The van der Waals surface area contributed by atoms with Gasteiger partial charge in [0.25, 0.3) is 5.91 Å². The number of sulfone groups is 1. The standard InChI is InChI=1S/C16H19NO3S2/c1-11(2)15(14-5-4-10-21-14)17-16(18)12-6-8-13(9-7-12)22(3,19)20/h4-11,15H,1-3H3,(H,17,18)/t15-/m0/s1. The highest BCUT2D eigenvalue weighted by molar-refractivity contribution is 7.90. The summed E-state index contributed by atoms with van der Waals surface area (Å²) in [6.45, 7) is 4.11. The molecule has 1 heterocycles. The third-order valence-electron chi connectivity index (χ3n) is 3.35. The molecule has 2 rings (SSSR count). The molecule has 1 amide bonds. The summed E-state index contributed by atoms with van der Waals surface area (Å²) < 4.78 is 22.9. The van der Waals surface area contributed by atoms with Gasteiger partial charge in [-0.1, -0.05) is 19.9 Å². The predicted octanol–water partition coefficient (Wildman–Crippen LogP) is 3.28. The summed E-state index contributed by atoms with van der Waals surface area (Å²) in [6.07, 6.45) is 1.15. The topological polar surface area (TPSA) is 63.2 Å². The second-order valence-corrected chi connectivity index (χ2v) is 8.50. The lowest BCUT2D eigenvalue weighted by molar-refractivity contribution is 0.0926. The minimum atomic E-state index is -3.25. The van der Waals surface area contributed by atoms with Crippen molar-refractivity contribution in [3.63, 3.8) is 0 Å². The van der Waals surface area contributed by atoms with Gasteiger partial charge in [-0.05, 0) is 41.6 Å². The van der Waals surface area contributed by atoms with Crippen LogP contribution in [0, 0.1) is 5.92 Å². The van der Waals surface area contributed by atoms with Crippen LogP contribution in [0.25, 0.3) is 0 Å². The van der Waals surface area contributed by atoms with E-state index in [0.717, 1.165) is 11.1 Å². The molecule has 4 nitrogen and oxygen atoms in total. The van der Waals surface area contributed by atoms with E-state index in [4.69, 9.17) is 0 Å². The van der Waals surface area contributed by atoms with Crippen LogP contribution in [0.15, 0.2) is 46.7 Å². The Morgan fingerprint density at radius 3 is 2.23 bits per heavy atom. The van der Waals surface area contributed by atoms with E-state index in [0.29, 0.717) is 5.56 Å². The maximum absolute atomic E-state index is 12.4. The molecule has 0 fully saturated rings. The van der Waals surface area contributed by atoms with Crippen molar-refractivity contribution in [3.05, 3.63) is 52.2 Å². The van der Waals surface area contributed by atoms with E-state index in [1.807, 2.05) is 17.5 Å². The molecule has 1 N–H and O–H groups in total. The number of hydrogen-bond donors (Lipinski definition) is 1. The fourth-order valence-electron chi connectivity index (χ4n) is 2.11. The number of nitrogens with one attached hydrogen (secondary N) is 1. The predicted molar refractivity (Wildman–Crippen MR) is 88.9 cm³/mol. The number of carbonyl (C=O) groups excluding carboxylic acids is 1. The molecule has 0 aliphatic rings. The Kier molecular flexibility index (Phi) is 5.03. The van der Waals surface area contributed by atoms with Crippen LogP contribution in [0.4, 0.5) is 0 Å². The van der Waals surface area contributed by atoms with Gasteiger partial charge in [0, 0.05) is 16.7 Å². The van der Waals surface area contributed by atoms with Crippen LogP contribution in [0.3, 0.4) is 0 Å². The van der Waals surface area contributed by atoms with E-state index in [1.54, 1.807) is 11.3 Å². The molecule has 0 saturated heterocycles. The molecule has 0 bridgehead atoms. The van der Waals surface area contributed by atoms with Gasteiger partial charge in [0.2, 0.25) is 0 Å². The van der Waals surface area contributed by atoms with Gasteiger partial charge in [-0.15, -0.1) is 11.3 Å². The Hall–Kier alpha value is -1.66. The van der Waals surface area contributed by atoms with Crippen LogP contribution in [0.2, 0.25) is 0 Å². The van der Waals surface area contributed by atoms with Crippen LogP contribution in [-0.2, 0) is 9.84 Å². The monoisotopic (exact) mass is 337 g/mol. The third-order valence-corrected chi connectivity index (χ3v) is 5.43. The lowest BCUT2D eigenvalue weighted by Gasteiger charge is -2.21. The van der Waals surface area contributed by atoms with Crippen molar-refractivity contribution in [3.8, 4) is 0 Å². The fourth-order valence-corrected chi connectivity index (χ4v) is 3.69. The molecule has 0 unspecified atom stereocenters. The summed E-state index contributed by atoms with van der Waals surface area (Å²) >= 11 is 1.61. The maximum Gasteiger partial charge on any atom is 0.251 e. The molecule has 22 heavy (non-hydrogen) atoms. The average molecular weight is 337 g/mol. The zero-order valence-corrected chi connectivity index (χ0v) is 14.4. The molecule has 0 aliphatic heterocycles. The summed E-state index contributed by atoms with van der Waals surface area (Å²) in [7, 11) is -3.25. The number of rotatable bonds is 5. The zero-order chi connectivity index (χ0) is 16.3. The van der Waals surface area contributed by atoms with Gasteiger partial charge in [-0.25, -0.2) is 8.42 Å². The Morgan fingerprint density at radius 1 is 1.14 bits per heavy atom. The van der Waals surface area contributed by atoms with Crippen molar-refractivity contribution < 1.29 is 13.2 Å². The van der Waals surface area contributed by atoms with Crippen LogP contribution in [0.5, 0.6) is 0 Å². The Morgan fingerprint density at radius 2 is 1.77 bits per heavy atom. The summed E-state index contributed by atoms with van der Waals surface area (Å²) in [5.74, 6) is 0.0602. The number of amides is 1. The van der Waals surface area contributed by atoms with Crippen LogP contribution in [-0.4, -0.2) is 20.6 Å². The molecule has 0 radical (unpaired) electrons.